The highest BCUT2D eigenvalue weighted by molar-refractivity contribution is 14.0. The van der Waals surface area contributed by atoms with Gasteiger partial charge in [0, 0.05) is 36.0 Å². The number of carbonyl (C=O) groups is 1. The fraction of sp³-hybridized carbons (Fsp3) is 0.500. The average molecular weight is 542 g/mol. The van der Waals surface area contributed by atoms with Crippen LogP contribution >= 0.6 is 35.3 Å². The maximum atomic E-state index is 12.2. The molecule has 1 aromatic carbocycles. The minimum absolute atomic E-state index is 0. The Morgan fingerprint density at radius 3 is 2.70 bits per heavy atom. The van der Waals surface area contributed by atoms with Gasteiger partial charge in [0.2, 0.25) is 5.91 Å². The van der Waals surface area contributed by atoms with E-state index in [-0.39, 0.29) is 35.8 Å². The predicted molar refractivity (Wildman–Crippen MR) is 136 cm³/mol. The largest absolute Gasteiger partial charge is 0.357 e. The summed E-state index contributed by atoms with van der Waals surface area (Å²) in [7, 11) is 0. The summed E-state index contributed by atoms with van der Waals surface area (Å²) in [5.74, 6) is 1.12. The second-order valence-corrected chi connectivity index (χ2v) is 8.73. The van der Waals surface area contributed by atoms with Crippen molar-refractivity contribution < 1.29 is 4.79 Å². The Bertz CT molecular complexity index is 843. The molecule has 1 aliphatic carbocycles. The Labute approximate surface area is 200 Å². The molecule has 0 saturated heterocycles. The highest BCUT2D eigenvalue weighted by Crippen LogP contribution is 2.27. The van der Waals surface area contributed by atoms with Gasteiger partial charge < -0.3 is 16.0 Å². The van der Waals surface area contributed by atoms with E-state index in [4.69, 9.17) is 0 Å². The molecular weight excluding hydrogens is 509 g/mol. The van der Waals surface area contributed by atoms with E-state index in [2.05, 4.69) is 46.7 Å². The highest BCUT2D eigenvalue weighted by Gasteiger charge is 2.25. The van der Waals surface area contributed by atoms with Crippen molar-refractivity contribution in [3.8, 4) is 0 Å². The number of halogens is 1. The normalized spacial score (nSPS) is 13.9. The molecule has 3 rings (SSSR count). The number of hydrogen-bond donors (Lipinski definition) is 3. The number of guanidine groups is 1. The lowest BCUT2D eigenvalue weighted by Crippen LogP contribution is -2.38. The van der Waals surface area contributed by atoms with Crippen LogP contribution in [0.5, 0.6) is 0 Å². The quantitative estimate of drug-likeness (QED) is 0.263. The standard InChI is InChI=1S/C22H31N5OS.HI/c1-4-23-22(24-12-11-20-26-15(2)16(3)29-20)25-14-17-7-5-10-19(13-17)27-21(28)18-8-6-9-18;/h5,7,10,13,18H,4,6,8-9,11-12,14H2,1-3H3,(H,27,28)(H2,23,24,25);1H. The van der Waals surface area contributed by atoms with Crippen LogP contribution in [0, 0.1) is 19.8 Å². The molecule has 0 radical (unpaired) electrons. The van der Waals surface area contributed by atoms with E-state index in [9.17, 15) is 4.79 Å². The molecule has 0 spiro atoms. The van der Waals surface area contributed by atoms with Gasteiger partial charge in [0.1, 0.15) is 0 Å². The van der Waals surface area contributed by atoms with E-state index in [0.717, 1.165) is 66.7 Å². The van der Waals surface area contributed by atoms with E-state index < -0.39 is 0 Å². The van der Waals surface area contributed by atoms with E-state index in [0.29, 0.717) is 6.54 Å². The molecule has 0 unspecified atom stereocenters. The second-order valence-electron chi connectivity index (χ2n) is 7.44. The number of nitrogens with one attached hydrogen (secondary N) is 3. The molecule has 1 heterocycles. The second kappa shape index (κ2) is 12.2. The number of amides is 1. The predicted octanol–water partition coefficient (Wildman–Crippen LogP) is 4.41. The summed E-state index contributed by atoms with van der Waals surface area (Å²) in [6.45, 7) is 8.36. The Kier molecular flexibility index (Phi) is 10.0. The molecule has 8 heteroatoms. The summed E-state index contributed by atoms with van der Waals surface area (Å²) in [5.41, 5.74) is 3.04. The van der Waals surface area contributed by atoms with Gasteiger partial charge in [-0.15, -0.1) is 35.3 Å². The minimum atomic E-state index is 0. The van der Waals surface area contributed by atoms with Gasteiger partial charge in [0.25, 0.3) is 0 Å². The van der Waals surface area contributed by atoms with Gasteiger partial charge in [-0.2, -0.15) is 0 Å². The van der Waals surface area contributed by atoms with Crippen LogP contribution < -0.4 is 16.0 Å². The zero-order chi connectivity index (χ0) is 20.6. The molecule has 2 aromatic rings. The van der Waals surface area contributed by atoms with Gasteiger partial charge in [-0.05, 0) is 51.3 Å². The number of aliphatic imine (C=N–C) groups is 1. The zero-order valence-electron chi connectivity index (χ0n) is 18.0. The summed E-state index contributed by atoms with van der Waals surface area (Å²) in [6, 6.07) is 7.94. The number of nitrogens with zero attached hydrogens (tertiary/aromatic N) is 2. The Hall–Kier alpha value is -1.68. The lowest BCUT2D eigenvalue weighted by Gasteiger charge is -2.24. The summed E-state index contributed by atoms with van der Waals surface area (Å²) < 4.78 is 0. The van der Waals surface area contributed by atoms with Crippen molar-refractivity contribution >= 4 is 52.9 Å². The number of benzene rings is 1. The number of aryl methyl sites for hydroxylation is 2. The third kappa shape index (κ3) is 7.23. The first-order chi connectivity index (χ1) is 14.0. The Balaban J connectivity index is 0.00000320. The molecule has 30 heavy (non-hydrogen) atoms. The molecule has 1 fully saturated rings. The SMILES string of the molecule is CCNC(=NCc1cccc(NC(=O)C2CCC2)c1)NCCc1nc(C)c(C)s1.I. The number of aromatic nitrogens is 1. The molecular formula is C22H32IN5OS. The van der Waals surface area contributed by atoms with Crippen LogP contribution in [0.2, 0.25) is 0 Å². The van der Waals surface area contributed by atoms with Crippen LogP contribution in [0.25, 0.3) is 0 Å². The van der Waals surface area contributed by atoms with Gasteiger partial charge in [-0.3, -0.25) is 4.79 Å². The number of rotatable bonds is 8. The highest BCUT2D eigenvalue weighted by atomic mass is 127. The molecule has 1 aliphatic rings. The van der Waals surface area contributed by atoms with Crippen molar-refractivity contribution in [1.29, 1.82) is 0 Å². The molecule has 0 bridgehead atoms. The van der Waals surface area contributed by atoms with Crippen LogP contribution in [0.3, 0.4) is 0 Å². The topological polar surface area (TPSA) is 78.4 Å². The van der Waals surface area contributed by atoms with Gasteiger partial charge in [0.15, 0.2) is 5.96 Å². The monoisotopic (exact) mass is 541 g/mol. The van der Waals surface area contributed by atoms with E-state index in [1.165, 1.54) is 4.88 Å². The lowest BCUT2D eigenvalue weighted by atomic mass is 9.85. The molecule has 1 saturated carbocycles. The van der Waals surface area contributed by atoms with Crippen molar-refractivity contribution in [1.82, 2.24) is 15.6 Å². The summed E-state index contributed by atoms with van der Waals surface area (Å²) >= 11 is 1.76. The van der Waals surface area contributed by atoms with Crippen molar-refractivity contribution in [2.75, 3.05) is 18.4 Å². The third-order valence-corrected chi connectivity index (χ3v) is 6.27. The molecule has 1 amide bonds. The molecule has 164 valence electrons. The van der Waals surface area contributed by atoms with Crippen molar-refractivity contribution in [2.24, 2.45) is 10.9 Å². The van der Waals surface area contributed by atoms with Gasteiger partial charge in [-0.1, -0.05) is 18.6 Å². The Morgan fingerprint density at radius 1 is 1.27 bits per heavy atom. The maximum Gasteiger partial charge on any atom is 0.227 e. The first-order valence-electron chi connectivity index (χ1n) is 10.4. The molecule has 0 aliphatic heterocycles. The fourth-order valence-electron chi connectivity index (χ4n) is 3.11. The van der Waals surface area contributed by atoms with Crippen molar-refractivity contribution in [3.05, 3.63) is 45.4 Å². The first-order valence-corrected chi connectivity index (χ1v) is 11.2. The number of thiazole rings is 1. The third-order valence-electron chi connectivity index (χ3n) is 5.14. The first kappa shape index (κ1) is 24.6. The number of anilines is 1. The fourth-order valence-corrected chi connectivity index (χ4v) is 4.04. The van der Waals surface area contributed by atoms with E-state index >= 15 is 0 Å². The average Bonchev–Trinajstić information content (AvgIpc) is 2.96. The van der Waals surface area contributed by atoms with Crippen LogP contribution in [0.1, 0.15) is 47.3 Å². The van der Waals surface area contributed by atoms with Crippen LogP contribution in [0.4, 0.5) is 5.69 Å². The van der Waals surface area contributed by atoms with E-state index in [1.54, 1.807) is 11.3 Å². The minimum Gasteiger partial charge on any atom is -0.357 e. The molecule has 0 atom stereocenters. The van der Waals surface area contributed by atoms with Gasteiger partial charge >= 0.3 is 0 Å². The summed E-state index contributed by atoms with van der Waals surface area (Å²) in [4.78, 5) is 22.7. The maximum absolute atomic E-state index is 12.2. The molecule has 1 aromatic heterocycles. The van der Waals surface area contributed by atoms with Crippen LogP contribution in [-0.4, -0.2) is 29.9 Å². The lowest BCUT2D eigenvalue weighted by molar-refractivity contribution is -0.122. The van der Waals surface area contributed by atoms with Crippen LogP contribution in [0.15, 0.2) is 29.3 Å². The number of carbonyl (C=O) groups excluding carboxylic acids is 1. The van der Waals surface area contributed by atoms with Crippen molar-refractivity contribution in [3.63, 3.8) is 0 Å². The smallest absolute Gasteiger partial charge is 0.227 e. The van der Waals surface area contributed by atoms with Crippen LogP contribution in [-0.2, 0) is 17.8 Å². The molecule has 6 nitrogen and oxygen atoms in total. The van der Waals surface area contributed by atoms with Gasteiger partial charge in [0.05, 0.1) is 17.2 Å². The summed E-state index contributed by atoms with van der Waals surface area (Å²) in [6.07, 6.45) is 4.06. The van der Waals surface area contributed by atoms with Crippen molar-refractivity contribution in [2.45, 2.75) is 53.0 Å². The zero-order valence-corrected chi connectivity index (χ0v) is 21.1. The van der Waals surface area contributed by atoms with Gasteiger partial charge in [-0.25, -0.2) is 9.98 Å². The summed E-state index contributed by atoms with van der Waals surface area (Å²) in [5, 5.41) is 10.8. The number of hydrogen-bond acceptors (Lipinski definition) is 4. The Morgan fingerprint density at radius 2 is 2.07 bits per heavy atom. The van der Waals surface area contributed by atoms with E-state index in [1.807, 2.05) is 24.3 Å². The molecule has 3 N–H and O–H groups in total.